The Kier molecular flexibility index (Phi) is 160. The molecule has 0 aliphatic carbocycles. The van der Waals surface area contributed by atoms with Gasteiger partial charge in [0.1, 0.15) is 0 Å². The fourth-order valence-corrected chi connectivity index (χ4v) is 2.19. The van der Waals surface area contributed by atoms with Crippen LogP contribution in [0.15, 0.2) is 109 Å². The molecule has 62 heavy (non-hydrogen) atoms. The topological polar surface area (TPSA) is 296 Å². The number of rotatable bonds is 7. The minimum absolute atomic E-state index is 0. The zero-order valence-corrected chi connectivity index (χ0v) is 49.9. The first-order chi connectivity index (χ1) is 25.2. The minimum Gasteiger partial charge on any atom is -0.665 e. The van der Waals surface area contributed by atoms with E-state index < -0.39 is 23.9 Å². The van der Waals surface area contributed by atoms with E-state index in [9.17, 15) is 29.7 Å². The standard InChI is InChI=1S/3C9H8O2.C2H3O2.C2H4O2.2CClO.2CHO2.3CH3.3K.3V/c3*10-9(11)7-6-8-4-2-1-3-5-8;1-4-2-3;1-2(3)4;4*2-1-3;;;;;;;;;/h3*1-7H,(H,10,11);1H3;1H3,(H,3,4);;;2*(H,2,3);3*1H3;;;;;;/q;;;-1;;7*-1;3*+1;;;/p-4/b3*7-6+;;;;;;;;;;;;;;;. The van der Waals surface area contributed by atoms with Gasteiger partial charge in [-0.05, 0) is 41.8 Å². The molecular weight excluding hydrogens is 1050 g/mol. The van der Waals surface area contributed by atoms with E-state index in [-0.39, 0.29) is 232 Å². The Labute approximate surface area is 537 Å². The molecule has 24 heteroatoms. The Bertz CT molecular complexity index is 1310. The predicted octanol–water partition coefficient (Wildman–Crippen LogP) is -8.03. The number of aliphatic carboxylic acids is 4. The second-order valence-electron chi connectivity index (χ2n) is 7.31. The van der Waals surface area contributed by atoms with Gasteiger partial charge in [0.15, 0.2) is 0 Å². The molecule has 0 aliphatic rings. The normalized spacial score (nSPS) is 6.97. The van der Waals surface area contributed by atoms with Crippen molar-refractivity contribution in [3.05, 3.63) is 148 Å². The summed E-state index contributed by atoms with van der Waals surface area (Å²) in [5, 5.41) is 52.3. The van der Waals surface area contributed by atoms with Crippen LogP contribution in [0.5, 0.6) is 0 Å². The number of carboxylic acid groups (broad SMARTS) is 4. The van der Waals surface area contributed by atoms with Gasteiger partial charge < -0.3 is 124 Å². The van der Waals surface area contributed by atoms with Crippen LogP contribution in [0.25, 0.3) is 18.2 Å². The molecule has 0 saturated heterocycles. The molecule has 16 nitrogen and oxygen atoms in total. The molecule has 3 rings (SSSR count). The second-order valence-corrected chi connectivity index (χ2v) is 7.61. The van der Waals surface area contributed by atoms with Gasteiger partial charge >= 0.3 is 154 Å². The number of hydrogen-bond donors (Lipinski definition) is 2. The van der Waals surface area contributed by atoms with E-state index in [1.54, 1.807) is 0 Å². The van der Waals surface area contributed by atoms with Crippen LogP contribution in [-0.4, -0.2) is 72.1 Å². The Morgan fingerprint density at radius 3 is 0.742 bits per heavy atom. The van der Waals surface area contributed by atoms with Crippen LogP contribution >= 0.6 is 23.2 Å². The summed E-state index contributed by atoms with van der Waals surface area (Å²) in [7, 11) is 1.26. The van der Waals surface area contributed by atoms with Gasteiger partial charge in [-0.15, -0.1) is 0 Å². The van der Waals surface area contributed by atoms with Crippen LogP contribution in [0, 0.1) is 22.3 Å². The van der Waals surface area contributed by atoms with Crippen molar-refractivity contribution < 1.29 is 288 Å². The van der Waals surface area contributed by atoms with Crippen molar-refractivity contribution in [1.29, 1.82) is 0 Å². The number of hydrogen-bond acceptors (Lipinski definition) is 14. The Morgan fingerprint density at radius 2 is 0.645 bits per heavy atom. The first-order valence-corrected chi connectivity index (χ1v) is 13.8. The number of ether oxygens (including phenoxy) is 1. The predicted molar refractivity (Wildman–Crippen MR) is 204 cm³/mol. The SMILES string of the molecule is CC(=O)[O-].CO[C-]=O.O=C([O-])/C=C/c1ccccc1.O=C([O-])/C=C/c1ccccc1.O=C([O-])/C=C/c1ccccc1.O=[C-]Cl.O=[C-]Cl.O=[C-]O.O=[C-]O.[CH3-].[CH3-].[CH3-].[K+].[K+].[K+].[V].[V].[V]. The van der Waals surface area contributed by atoms with Gasteiger partial charge in [0, 0.05) is 68.7 Å². The summed E-state index contributed by atoms with van der Waals surface area (Å²) in [4.78, 5) is 81.0. The molecule has 3 aromatic rings. The Balaban J connectivity index is -0.0000000320. The maximum Gasteiger partial charge on any atom is 1.00 e. The van der Waals surface area contributed by atoms with Crippen molar-refractivity contribution in [2.45, 2.75) is 6.92 Å². The van der Waals surface area contributed by atoms with Gasteiger partial charge in [0.25, 0.3) is 0 Å². The van der Waals surface area contributed by atoms with E-state index in [1.165, 1.54) is 31.8 Å². The fraction of sp³-hybridized carbons (Fsp3) is 0.0526. The zero-order valence-electron chi connectivity index (χ0n) is 34.8. The zero-order chi connectivity index (χ0) is 42.1. The Hall–Kier alpha value is -0.248. The van der Waals surface area contributed by atoms with Crippen LogP contribution in [-0.2, 0) is 104 Å². The van der Waals surface area contributed by atoms with E-state index in [4.69, 9.17) is 44.1 Å². The first kappa shape index (κ1) is 104. The minimum atomic E-state index is -1.17. The average molecular weight is 1090 g/mol. The monoisotopic (exact) mass is 1090 g/mol. The van der Waals surface area contributed by atoms with Crippen LogP contribution in [0.1, 0.15) is 23.6 Å². The second kappa shape index (κ2) is 95.1. The van der Waals surface area contributed by atoms with Gasteiger partial charge in [0.2, 0.25) is 0 Å². The van der Waals surface area contributed by atoms with Gasteiger partial charge in [-0.3, -0.25) is 0 Å². The molecule has 0 unspecified atom stereocenters. The number of aliphatic hydroxyl groups excluding tert-OH is 2. The maximum atomic E-state index is 9.97. The molecule has 0 amide bonds. The van der Waals surface area contributed by atoms with E-state index in [1.807, 2.05) is 91.0 Å². The molecule has 0 heterocycles. The van der Waals surface area contributed by atoms with Crippen LogP contribution in [0.2, 0.25) is 0 Å². The molecule has 327 valence electrons. The van der Waals surface area contributed by atoms with Crippen molar-refractivity contribution >= 4 is 96.2 Å². The molecule has 0 aromatic heterocycles. The summed E-state index contributed by atoms with van der Waals surface area (Å²) in [6.45, 7) is 3.15. The summed E-state index contributed by atoms with van der Waals surface area (Å²) < 4.78 is 3.74. The summed E-state index contributed by atoms with van der Waals surface area (Å²) in [6.07, 6.45) is 7.51. The maximum absolute atomic E-state index is 9.97. The van der Waals surface area contributed by atoms with Crippen molar-refractivity contribution in [2.24, 2.45) is 0 Å². The first-order valence-electron chi connectivity index (χ1n) is 13.1. The molecule has 3 aromatic carbocycles. The third-order valence-electron chi connectivity index (χ3n) is 3.72. The van der Waals surface area contributed by atoms with Crippen molar-refractivity contribution in [1.82, 2.24) is 0 Å². The summed E-state index contributed by atoms with van der Waals surface area (Å²) in [6, 6.07) is 27.6. The third-order valence-corrected chi connectivity index (χ3v) is 3.72. The van der Waals surface area contributed by atoms with Crippen molar-refractivity contribution in [3.8, 4) is 0 Å². The number of benzene rings is 3. The van der Waals surface area contributed by atoms with Crippen molar-refractivity contribution in [2.75, 3.05) is 7.11 Å². The van der Waals surface area contributed by atoms with E-state index >= 15 is 0 Å². The molecule has 0 bridgehead atoms. The largest absolute Gasteiger partial charge is 1.00 e. The summed E-state index contributed by atoms with van der Waals surface area (Å²) >= 11 is 8.39. The molecule has 2 N–H and O–H groups in total. The molecule has 0 spiro atoms. The van der Waals surface area contributed by atoms with E-state index in [2.05, 4.69) is 27.9 Å². The number of carbonyl (C=O) groups excluding carboxylic acids is 7. The summed E-state index contributed by atoms with van der Waals surface area (Å²) in [5.74, 6) is -2.66. The molecule has 0 saturated carbocycles. The third kappa shape index (κ3) is 131. The number of carbonyl (C=O) groups is 4. The molecule has 0 fully saturated rings. The Morgan fingerprint density at radius 1 is 0.516 bits per heavy atom. The van der Waals surface area contributed by atoms with Crippen LogP contribution < -0.4 is 175 Å². The van der Waals surface area contributed by atoms with E-state index in [0.29, 0.717) is 12.9 Å². The number of methoxy groups -OCH3 is 1. The summed E-state index contributed by atoms with van der Waals surface area (Å²) in [5.41, 5.74) is 2.57. The number of halogens is 2. The molecule has 0 atom stereocenters. The van der Waals surface area contributed by atoms with Crippen molar-refractivity contribution in [3.63, 3.8) is 0 Å². The number of carboxylic acids is 4. The molecule has 3 radical (unpaired) electrons. The van der Waals surface area contributed by atoms with Crippen LogP contribution in [0.4, 0.5) is 0 Å². The van der Waals surface area contributed by atoms with Gasteiger partial charge in [-0.2, -0.15) is 11.5 Å². The quantitative estimate of drug-likeness (QED) is 0.0962. The van der Waals surface area contributed by atoms with Gasteiger partial charge in [0.05, 0.1) is 17.9 Å². The fourth-order valence-electron chi connectivity index (χ4n) is 2.19. The average Bonchev–Trinajstić information content (AvgIpc) is 3.12. The molecule has 0 aliphatic heterocycles. The smallest absolute Gasteiger partial charge is 0.665 e. The van der Waals surface area contributed by atoms with E-state index in [0.717, 1.165) is 53.3 Å². The molecular formula is C38H38Cl2K3O16V3-9. The van der Waals surface area contributed by atoms with Gasteiger partial charge in [-0.1, -0.05) is 129 Å². The van der Waals surface area contributed by atoms with Gasteiger partial charge in [-0.25, -0.2) is 0 Å². The van der Waals surface area contributed by atoms with Crippen LogP contribution in [0.3, 0.4) is 0 Å².